The van der Waals surface area contributed by atoms with E-state index in [1.165, 1.54) is 5.56 Å². The minimum atomic E-state index is 1.02. The van der Waals surface area contributed by atoms with Crippen molar-refractivity contribution in [1.29, 1.82) is 0 Å². The zero-order valence-corrected chi connectivity index (χ0v) is 10.9. The van der Waals surface area contributed by atoms with Crippen molar-refractivity contribution in [3.05, 3.63) is 36.2 Å². The van der Waals surface area contributed by atoms with Crippen molar-refractivity contribution in [2.45, 2.75) is 6.42 Å². The Bertz CT molecular complexity index is 504. The summed E-state index contributed by atoms with van der Waals surface area (Å²) in [4.78, 5) is 2.50. The van der Waals surface area contributed by atoms with Gasteiger partial charge in [0.2, 0.25) is 0 Å². The fraction of sp³-hybridized carbons (Fsp3) is 0.462. The van der Waals surface area contributed by atoms with Gasteiger partial charge in [-0.1, -0.05) is 12.1 Å². The van der Waals surface area contributed by atoms with Crippen LogP contribution in [0.15, 0.2) is 30.6 Å². The van der Waals surface area contributed by atoms with Crippen LogP contribution in [0.2, 0.25) is 0 Å². The quantitative estimate of drug-likeness (QED) is 0.843. The molecule has 2 aromatic rings. The standard InChI is InChI=1S/C13H18N6/c1-2-12(4-7-18-8-5-14-6-9-18)10-13(3-1)19-11-15-16-17-19/h1-3,10-11,14H,4-9H2. The topological polar surface area (TPSA) is 58.9 Å². The van der Waals surface area contributed by atoms with Crippen LogP contribution in [0.1, 0.15) is 5.56 Å². The highest BCUT2D eigenvalue weighted by Crippen LogP contribution is 2.10. The maximum absolute atomic E-state index is 3.91. The van der Waals surface area contributed by atoms with E-state index < -0.39 is 0 Å². The molecule has 2 heterocycles. The SMILES string of the molecule is c1cc(CCN2CCNCC2)cc(-n2cnnn2)c1. The van der Waals surface area contributed by atoms with Gasteiger partial charge in [-0.25, -0.2) is 4.68 Å². The van der Waals surface area contributed by atoms with Crippen molar-refractivity contribution in [2.24, 2.45) is 0 Å². The number of benzene rings is 1. The molecule has 1 aliphatic heterocycles. The highest BCUT2D eigenvalue weighted by Gasteiger charge is 2.09. The number of hydrogen-bond donors (Lipinski definition) is 1. The van der Waals surface area contributed by atoms with Crippen LogP contribution in [0.25, 0.3) is 5.69 Å². The van der Waals surface area contributed by atoms with Gasteiger partial charge >= 0.3 is 0 Å². The van der Waals surface area contributed by atoms with Gasteiger partial charge in [0.1, 0.15) is 6.33 Å². The first kappa shape index (κ1) is 12.3. The minimum absolute atomic E-state index is 1.02. The molecule has 1 aliphatic rings. The van der Waals surface area contributed by atoms with Crippen molar-refractivity contribution in [3.8, 4) is 5.69 Å². The molecule has 0 spiro atoms. The van der Waals surface area contributed by atoms with E-state index in [1.807, 2.05) is 6.07 Å². The summed E-state index contributed by atoms with van der Waals surface area (Å²) in [5.41, 5.74) is 2.34. The first-order valence-corrected chi connectivity index (χ1v) is 6.67. The zero-order valence-electron chi connectivity index (χ0n) is 10.9. The predicted octanol–water partition coefficient (Wildman–Crippen LogP) is 0.110. The van der Waals surface area contributed by atoms with Crippen LogP contribution >= 0.6 is 0 Å². The van der Waals surface area contributed by atoms with E-state index >= 15 is 0 Å². The van der Waals surface area contributed by atoms with Crippen molar-refractivity contribution in [3.63, 3.8) is 0 Å². The molecule has 1 N–H and O–H groups in total. The molecule has 0 aliphatic carbocycles. The van der Waals surface area contributed by atoms with E-state index in [0.29, 0.717) is 0 Å². The molecule has 1 saturated heterocycles. The second-order valence-corrected chi connectivity index (χ2v) is 4.77. The van der Waals surface area contributed by atoms with Crippen LogP contribution in [0.3, 0.4) is 0 Å². The summed E-state index contributed by atoms with van der Waals surface area (Å²) in [5, 5.41) is 14.6. The Morgan fingerprint density at radius 2 is 2.11 bits per heavy atom. The Balaban J connectivity index is 1.63. The molecule has 0 amide bonds. The van der Waals surface area contributed by atoms with Gasteiger partial charge in [-0.05, 0) is 34.5 Å². The molecule has 1 aromatic carbocycles. The maximum Gasteiger partial charge on any atom is 0.143 e. The number of aromatic nitrogens is 4. The van der Waals surface area contributed by atoms with Crippen molar-refractivity contribution < 1.29 is 0 Å². The summed E-state index contributed by atoms with van der Waals surface area (Å²) in [6, 6.07) is 8.39. The van der Waals surface area contributed by atoms with E-state index in [1.54, 1.807) is 11.0 Å². The summed E-state index contributed by atoms with van der Waals surface area (Å²) < 4.78 is 1.69. The van der Waals surface area contributed by atoms with Crippen LogP contribution in [0.5, 0.6) is 0 Å². The molecule has 0 radical (unpaired) electrons. The number of hydrogen-bond acceptors (Lipinski definition) is 5. The molecule has 0 bridgehead atoms. The lowest BCUT2D eigenvalue weighted by atomic mass is 10.1. The Morgan fingerprint density at radius 1 is 1.21 bits per heavy atom. The summed E-state index contributed by atoms with van der Waals surface area (Å²) in [6.07, 6.45) is 2.69. The first-order chi connectivity index (χ1) is 9.42. The highest BCUT2D eigenvalue weighted by molar-refractivity contribution is 5.34. The highest BCUT2D eigenvalue weighted by atomic mass is 15.5. The smallest absolute Gasteiger partial charge is 0.143 e. The Kier molecular flexibility index (Phi) is 3.81. The largest absolute Gasteiger partial charge is 0.314 e. The van der Waals surface area contributed by atoms with Crippen LogP contribution in [-0.4, -0.2) is 57.8 Å². The molecular weight excluding hydrogens is 240 g/mol. The summed E-state index contributed by atoms with van der Waals surface area (Å²) in [5.74, 6) is 0. The Labute approximate surface area is 112 Å². The van der Waals surface area contributed by atoms with E-state index in [-0.39, 0.29) is 0 Å². The molecular formula is C13H18N6. The van der Waals surface area contributed by atoms with Gasteiger partial charge in [0, 0.05) is 32.7 Å². The van der Waals surface area contributed by atoms with Gasteiger partial charge in [-0.2, -0.15) is 0 Å². The number of tetrazole rings is 1. The fourth-order valence-corrected chi connectivity index (χ4v) is 2.36. The summed E-state index contributed by atoms with van der Waals surface area (Å²) in [7, 11) is 0. The molecule has 100 valence electrons. The Hall–Kier alpha value is -1.79. The normalized spacial score (nSPS) is 16.6. The molecule has 3 rings (SSSR count). The monoisotopic (exact) mass is 258 g/mol. The number of piperazine rings is 1. The maximum atomic E-state index is 3.91. The van der Waals surface area contributed by atoms with Gasteiger partial charge in [0.25, 0.3) is 0 Å². The summed E-state index contributed by atoms with van der Waals surface area (Å²) in [6.45, 7) is 5.61. The minimum Gasteiger partial charge on any atom is -0.314 e. The van der Waals surface area contributed by atoms with Crippen LogP contribution in [-0.2, 0) is 6.42 Å². The third-order valence-electron chi connectivity index (χ3n) is 3.45. The predicted molar refractivity (Wildman–Crippen MR) is 72.2 cm³/mol. The van der Waals surface area contributed by atoms with E-state index in [0.717, 1.165) is 44.8 Å². The molecule has 19 heavy (non-hydrogen) atoms. The zero-order chi connectivity index (χ0) is 12.9. The van der Waals surface area contributed by atoms with Gasteiger partial charge < -0.3 is 10.2 Å². The molecule has 1 fully saturated rings. The third-order valence-corrected chi connectivity index (χ3v) is 3.45. The Morgan fingerprint density at radius 3 is 2.89 bits per heavy atom. The second kappa shape index (κ2) is 5.90. The fourth-order valence-electron chi connectivity index (χ4n) is 2.36. The van der Waals surface area contributed by atoms with Crippen molar-refractivity contribution in [1.82, 2.24) is 30.4 Å². The lowest BCUT2D eigenvalue weighted by Gasteiger charge is -2.27. The van der Waals surface area contributed by atoms with Crippen molar-refractivity contribution in [2.75, 3.05) is 32.7 Å². The van der Waals surface area contributed by atoms with Crippen molar-refractivity contribution >= 4 is 0 Å². The van der Waals surface area contributed by atoms with E-state index in [9.17, 15) is 0 Å². The number of nitrogens with one attached hydrogen (secondary N) is 1. The van der Waals surface area contributed by atoms with Gasteiger partial charge in [0.05, 0.1) is 5.69 Å². The van der Waals surface area contributed by atoms with Crippen LogP contribution < -0.4 is 5.32 Å². The van der Waals surface area contributed by atoms with E-state index in [4.69, 9.17) is 0 Å². The second-order valence-electron chi connectivity index (χ2n) is 4.77. The molecule has 6 nitrogen and oxygen atoms in total. The lowest BCUT2D eigenvalue weighted by Crippen LogP contribution is -2.44. The summed E-state index contributed by atoms with van der Waals surface area (Å²) >= 11 is 0. The van der Waals surface area contributed by atoms with E-state index in [2.05, 4.69) is 43.9 Å². The average molecular weight is 258 g/mol. The third kappa shape index (κ3) is 3.15. The molecule has 0 saturated carbocycles. The first-order valence-electron chi connectivity index (χ1n) is 6.67. The molecule has 6 heteroatoms. The van der Waals surface area contributed by atoms with Crippen LogP contribution in [0, 0.1) is 0 Å². The number of rotatable bonds is 4. The molecule has 0 unspecified atom stereocenters. The van der Waals surface area contributed by atoms with Crippen LogP contribution in [0.4, 0.5) is 0 Å². The van der Waals surface area contributed by atoms with Gasteiger partial charge in [-0.3, -0.25) is 0 Å². The molecule has 1 aromatic heterocycles. The lowest BCUT2D eigenvalue weighted by molar-refractivity contribution is 0.244. The average Bonchev–Trinajstić information content (AvgIpc) is 3.01. The van der Waals surface area contributed by atoms with Gasteiger partial charge in [0.15, 0.2) is 0 Å². The molecule has 0 atom stereocenters. The number of nitrogens with zero attached hydrogens (tertiary/aromatic N) is 5. The van der Waals surface area contributed by atoms with Gasteiger partial charge in [-0.15, -0.1) is 5.10 Å².